The Kier molecular flexibility index (Phi) is 5.33. The molecule has 28 heavy (non-hydrogen) atoms. The average molecular weight is 397 g/mol. The van der Waals surface area contributed by atoms with Gasteiger partial charge in [0.1, 0.15) is 17.7 Å². The van der Waals surface area contributed by atoms with Crippen molar-refractivity contribution in [3.8, 4) is 0 Å². The van der Waals surface area contributed by atoms with Crippen molar-refractivity contribution in [3.63, 3.8) is 0 Å². The zero-order valence-electron chi connectivity index (χ0n) is 18.9. The zero-order valence-corrected chi connectivity index (χ0v) is 18.9. The topological polar surface area (TPSA) is 84.9 Å². The predicted molar refractivity (Wildman–Crippen MR) is 106 cm³/mol. The summed E-state index contributed by atoms with van der Waals surface area (Å²) in [5.41, 5.74) is -1.60. The number of nitrogens with one attached hydrogen (secondary N) is 1. The summed E-state index contributed by atoms with van der Waals surface area (Å²) < 4.78 is 10.4. The van der Waals surface area contributed by atoms with Gasteiger partial charge in [-0.05, 0) is 37.5 Å². The van der Waals surface area contributed by atoms with E-state index in [-0.39, 0.29) is 22.7 Å². The summed E-state index contributed by atoms with van der Waals surface area (Å²) in [6.07, 6.45) is -0.647. The lowest BCUT2D eigenvalue weighted by molar-refractivity contribution is -0.156. The molecule has 0 aromatic rings. The number of rotatable bonds is 3. The van der Waals surface area contributed by atoms with Crippen LogP contribution in [0.5, 0.6) is 0 Å². The Morgan fingerprint density at radius 1 is 1.07 bits per heavy atom. The number of carbonyl (C=O) groups excluding carboxylic acids is 3. The Labute approximate surface area is 168 Å². The number of esters is 1. The summed E-state index contributed by atoms with van der Waals surface area (Å²) >= 11 is 0. The summed E-state index contributed by atoms with van der Waals surface area (Å²) in [5, 5.41) is 2.73. The van der Waals surface area contributed by atoms with Crippen molar-refractivity contribution >= 4 is 18.0 Å². The van der Waals surface area contributed by atoms with E-state index in [1.807, 2.05) is 27.7 Å². The molecular formula is C21H36N2O5. The van der Waals surface area contributed by atoms with Gasteiger partial charge in [-0.25, -0.2) is 9.59 Å². The monoisotopic (exact) mass is 396 g/mol. The van der Waals surface area contributed by atoms with Crippen molar-refractivity contribution in [1.82, 2.24) is 10.2 Å². The molecule has 0 unspecified atom stereocenters. The lowest BCUT2D eigenvalue weighted by Crippen LogP contribution is -2.59. The van der Waals surface area contributed by atoms with Gasteiger partial charge in [0.05, 0.1) is 7.11 Å². The largest absolute Gasteiger partial charge is 0.467 e. The number of alkyl carbamates (subject to hydrolysis) is 1. The van der Waals surface area contributed by atoms with Gasteiger partial charge < -0.3 is 19.7 Å². The highest BCUT2D eigenvalue weighted by Gasteiger charge is 2.78. The molecule has 0 aromatic heterocycles. The number of methoxy groups -OCH3 is 1. The number of amides is 2. The lowest BCUT2D eigenvalue weighted by Gasteiger charge is -2.38. The summed E-state index contributed by atoms with van der Waals surface area (Å²) in [7, 11) is 1.34. The molecule has 2 aliphatic rings. The molecule has 2 fully saturated rings. The number of ether oxygens (including phenoxy) is 2. The quantitative estimate of drug-likeness (QED) is 0.742. The molecule has 1 N–H and O–H groups in total. The van der Waals surface area contributed by atoms with Gasteiger partial charge in [-0.2, -0.15) is 0 Å². The van der Waals surface area contributed by atoms with Crippen LogP contribution in [0.4, 0.5) is 4.79 Å². The molecule has 0 aromatic carbocycles. The normalized spacial score (nSPS) is 29.6. The zero-order chi connectivity index (χ0) is 21.9. The highest BCUT2D eigenvalue weighted by atomic mass is 16.6. The van der Waals surface area contributed by atoms with Crippen molar-refractivity contribution in [2.24, 2.45) is 22.2 Å². The molecule has 1 aliphatic carbocycles. The van der Waals surface area contributed by atoms with Crippen LogP contribution in [0.2, 0.25) is 0 Å². The Morgan fingerprint density at radius 3 is 2.04 bits per heavy atom. The highest BCUT2D eigenvalue weighted by Crippen LogP contribution is 2.74. The SMILES string of the molecule is COC(=O)[C@H]1N(C(=O)[C@@H](NC(=O)OC(C)(C)C)C(C)(C)C)C[C@H]2C(C)(C)[C@]12C. The first-order valence-corrected chi connectivity index (χ1v) is 9.86. The summed E-state index contributed by atoms with van der Waals surface area (Å²) in [4.78, 5) is 40.0. The number of nitrogens with zero attached hydrogens (tertiary/aromatic N) is 1. The molecule has 0 spiro atoms. The van der Waals surface area contributed by atoms with Gasteiger partial charge in [0, 0.05) is 12.0 Å². The van der Waals surface area contributed by atoms with E-state index in [9.17, 15) is 14.4 Å². The number of hydrogen-bond acceptors (Lipinski definition) is 5. The number of carbonyl (C=O) groups is 3. The predicted octanol–water partition coefficient (Wildman–Crippen LogP) is 2.97. The van der Waals surface area contributed by atoms with Gasteiger partial charge >= 0.3 is 12.1 Å². The van der Waals surface area contributed by atoms with E-state index in [1.165, 1.54) is 7.11 Å². The lowest BCUT2D eigenvalue weighted by atomic mass is 9.84. The van der Waals surface area contributed by atoms with Crippen molar-refractivity contribution in [2.45, 2.75) is 80.0 Å². The summed E-state index contributed by atoms with van der Waals surface area (Å²) in [6, 6.07) is -1.48. The Hall–Kier alpha value is -1.79. The van der Waals surface area contributed by atoms with Crippen LogP contribution in [0.1, 0.15) is 62.3 Å². The van der Waals surface area contributed by atoms with E-state index in [4.69, 9.17) is 9.47 Å². The van der Waals surface area contributed by atoms with Crippen LogP contribution in [0.25, 0.3) is 0 Å². The number of piperidine rings is 1. The van der Waals surface area contributed by atoms with Gasteiger partial charge in [-0.15, -0.1) is 0 Å². The number of hydrogen-bond donors (Lipinski definition) is 1. The third kappa shape index (κ3) is 3.60. The fourth-order valence-corrected chi connectivity index (χ4v) is 4.66. The fourth-order valence-electron chi connectivity index (χ4n) is 4.66. The van der Waals surface area contributed by atoms with Gasteiger partial charge in [-0.1, -0.05) is 41.5 Å². The number of likely N-dealkylation sites (tertiary alicyclic amines) is 1. The second-order valence-corrected chi connectivity index (χ2v) is 10.9. The third-order valence-corrected chi connectivity index (χ3v) is 6.64. The smallest absolute Gasteiger partial charge is 0.408 e. The van der Waals surface area contributed by atoms with Gasteiger partial charge in [0.15, 0.2) is 0 Å². The Bertz CT molecular complexity index is 673. The van der Waals surface area contributed by atoms with Crippen LogP contribution in [0.3, 0.4) is 0 Å². The third-order valence-electron chi connectivity index (χ3n) is 6.64. The molecule has 1 aliphatic heterocycles. The van der Waals surface area contributed by atoms with Crippen LogP contribution in [-0.4, -0.2) is 54.2 Å². The molecular weight excluding hydrogens is 360 g/mol. The van der Waals surface area contributed by atoms with E-state index in [0.29, 0.717) is 6.54 Å². The van der Waals surface area contributed by atoms with E-state index in [2.05, 4.69) is 19.2 Å². The molecule has 1 saturated carbocycles. The molecule has 0 bridgehead atoms. The maximum Gasteiger partial charge on any atom is 0.408 e. The van der Waals surface area contributed by atoms with Crippen molar-refractivity contribution in [2.75, 3.05) is 13.7 Å². The van der Waals surface area contributed by atoms with Crippen LogP contribution in [0.15, 0.2) is 0 Å². The minimum Gasteiger partial charge on any atom is -0.467 e. The number of fused-ring (bicyclic) bond motifs is 1. The van der Waals surface area contributed by atoms with Crippen molar-refractivity contribution in [1.29, 1.82) is 0 Å². The van der Waals surface area contributed by atoms with Crippen LogP contribution in [-0.2, 0) is 19.1 Å². The minimum atomic E-state index is -0.821. The first-order chi connectivity index (χ1) is 12.5. The first-order valence-electron chi connectivity index (χ1n) is 9.86. The van der Waals surface area contributed by atoms with E-state index in [1.54, 1.807) is 25.7 Å². The molecule has 0 radical (unpaired) electrons. The second kappa shape index (κ2) is 6.63. The van der Waals surface area contributed by atoms with Crippen molar-refractivity contribution < 1.29 is 23.9 Å². The fraction of sp³-hybridized carbons (Fsp3) is 0.857. The van der Waals surface area contributed by atoms with E-state index in [0.717, 1.165) is 0 Å². The molecule has 1 saturated heterocycles. The standard InChI is InChI=1S/C21H36N2O5/c1-18(2,3)13(22-17(26)28-19(4,5)6)15(24)23-11-12-20(7,8)21(12,9)14(23)16(25)27-10/h12-14H,11H2,1-10H3,(H,22,26)/t12-,13+,14+,21-/m0/s1. The van der Waals surface area contributed by atoms with Gasteiger partial charge in [0.25, 0.3) is 0 Å². The average Bonchev–Trinajstić information content (AvgIpc) is 2.79. The molecule has 7 heteroatoms. The van der Waals surface area contributed by atoms with Crippen LogP contribution in [0, 0.1) is 22.2 Å². The van der Waals surface area contributed by atoms with E-state index < -0.39 is 35.2 Å². The van der Waals surface area contributed by atoms with Crippen molar-refractivity contribution in [3.05, 3.63) is 0 Å². The molecule has 7 nitrogen and oxygen atoms in total. The van der Waals surface area contributed by atoms with Gasteiger partial charge in [0.2, 0.25) is 5.91 Å². The first kappa shape index (κ1) is 22.5. The molecule has 160 valence electrons. The maximum absolute atomic E-state index is 13.5. The molecule has 2 amide bonds. The van der Waals surface area contributed by atoms with Crippen LogP contribution < -0.4 is 5.32 Å². The maximum atomic E-state index is 13.5. The summed E-state index contributed by atoms with van der Waals surface area (Å²) in [5.74, 6) is -0.470. The Morgan fingerprint density at radius 2 is 1.61 bits per heavy atom. The minimum absolute atomic E-state index is 0.0432. The molecule has 2 rings (SSSR count). The van der Waals surface area contributed by atoms with Gasteiger partial charge in [-0.3, -0.25) is 4.79 Å². The summed E-state index contributed by atoms with van der Waals surface area (Å²) in [6.45, 7) is 17.7. The van der Waals surface area contributed by atoms with E-state index >= 15 is 0 Å². The highest BCUT2D eigenvalue weighted by molar-refractivity contribution is 5.92. The molecule has 4 atom stereocenters. The Balaban J connectivity index is 2.29. The second-order valence-electron chi connectivity index (χ2n) is 10.9. The molecule has 1 heterocycles. The van der Waals surface area contributed by atoms with Crippen LogP contribution >= 0.6 is 0 Å².